The van der Waals surface area contributed by atoms with E-state index in [0.29, 0.717) is 29.2 Å². The van der Waals surface area contributed by atoms with Gasteiger partial charge in [0.05, 0.1) is 6.33 Å². The van der Waals surface area contributed by atoms with Crippen molar-refractivity contribution < 1.29 is 13.7 Å². The molecule has 2 heterocycles. The van der Waals surface area contributed by atoms with Crippen LogP contribution in [0.25, 0.3) is 23.0 Å². The van der Waals surface area contributed by atoms with Gasteiger partial charge in [-0.15, -0.1) is 0 Å². The molecule has 0 unspecified atom stereocenters. The maximum Gasteiger partial charge on any atom is 0.278 e. The lowest BCUT2D eigenvalue weighted by molar-refractivity contribution is 0.102. The first-order valence-corrected chi connectivity index (χ1v) is 11.9. The van der Waals surface area contributed by atoms with Crippen LogP contribution in [0.4, 0.5) is 10.1 Å². The van der Waals surface area contributed by atoms with Crippen LogP contribution in [0.1, 0.15) is 42.3 Å². The fourth-order valence-electron chi connectivity index (χ4n) is 3.83. The zero-order valence-corrected chi connectivity index (χ0v) is 20.8. The minimum absolute atomic E-state index is 0.0408. The monoisotopic (exact) mass is 495 g/mol. The molecule has 0 saturated carbocycles. The summed E-state index contributed by atoms with van der Waals surface area (Å²) in [5.41, 5.74) is 4.80. The fourth-order valence-corrected chi connectivity index (χ4v) is 3.83. The molecule has 0 aliphatic rings. The zero-order valence-electron chi connectivity index (χ0n) is 20.8. The summed E-state index contributed by atoms with van der Waals surface area (Å²) in [4.78, 5) is 21.4. The highest BCUT2D eigenvalue weighted by Crippen LogP contribution is 2.23. The SMILES string of the molecule is CC(C)(C)c1ccc(C(=O)Nc2ccc(Cn3cnc(-c4nc(-c5ccc(F)cc5)no4)c3)cc2)cc1. The van der Waals surface area contributed by atoms with Crippen molar-refractivity contribution in [2.24, 2.45) is 0 Å². The van der Waals surface area contributed by atoms with Gasteiger partial charge in [-0.05, 0) is 65.1 Å². The molecule has 0 aliphatic carbocycles. The van der Waals surface area contributed by atoms with Crippen molar-refractivity contribution in [1.82, 2.24) is 19.7 Å². The molecule has 0 fully saturated rings. The number of nitrogens with one attached hydrogen (secondary N) is 1. The van der Waals surface area contributed by atoms with E-state index < -0.39 is 0 Å². The highest BCUT2D eigenvalue weighted by atomic mass is 19.1. The van der Waals surface area contributed by atoms with E-state index in [1.807, 2.05) is 59.3 Å². The van der Waals surface area contributed by atoms with Gasteiger partial charge in [-0.3, -0.25) is 4.79 Å². The predicted molar refractivity (Wildman–Crippen MR) is 140 cm³/mol. The van der Waals surface area contributed by atoms with Gasteiger partial charge in [0, 0.05) is 29.6 Å². The second kappa shape index (κ2) is 9.81. The van der Waals surface area contributed by atoms with Gasteiger partial charge in [0.1, 0.15) is 11.5 Å². The average Bonchev–Trinajstić information content (AvgIpc) is 3.55. The van der Waals surface area contributed by atoms with E-state index in [-0.39, 0.29) is 23.0 Å². The van der Waals surface area contributed by atoms with Crippen molar-refractivity contribution in [3.05, 3.63) is 108 Å². The van der Waals surface area contributed by atoms with Crippen molar-refractivity contribution in [2.45, 2.75) is 32.7 Å². The molecule has 0 saturated heterocycles. The molecule has 186 valence electrons. The van der Waals surface area contributed by atoms with E-state index in [1.165, 1.54) is 17.7 Å². The van der Waals surface area contributed by atoms with Crippen LogP contribution >= 0.6 is 0 Å². The van der Waals surface area contributed by atoms with Gasteiger partial charge in [-0.2, -0.15) is 4.98 Å². The van der Waals surface area contributed by atoms with Crippen molar-refractivity contribution in [3.63, 3.8) is 0 Å². The fraction of sp³-hybridized carbons (Fsp3) is 0.172. The first kappa shape index (κ1) is 24.1. The van der Waals surface area contributed by atoms with Crippen molar-refractivity contribution >= 4 is 11.6 Å². The number of carbonyl (C=O) groups excluding carboxylic acids is 1. The Morgan fingerprint density at radius 2 is 1.68 bits per heavy atom. The molecule has 0 atom stereocenters. The number of hydrogen-bond donors (Lipinski definition) is 1. The summed E-state index contributed by atoms with van der Waals surface area (Å²) < 4.78 is 20.4. The van der Waals surface area contributed by atoms with Crippen LogP contribution in [-0.2, 0) is 12.0 Å². The van der Waals surface area contributed by atoms with Gasteiger partial charge in [0.25, 0.3) is 11.8 Å². The smallest absolute Gasteiger partial charge is 0.278 e. The van der Waals surface area contributed by atoms with Gasteiger partial charge in [0.2, 0.25) is 5.82 Å². The first-order chi connectivity index (χ1) is 17.7. The molecule has 7 nitrogen and oxygen atoms in total. The molecule has 37 heavy (non-hydrogen) atoms. The molecule has 0 radical (unpaired) electrons. The summed E-state index contributed by atoms with van der Waals surface area (Å²) in [6.07, 6.45) is 3.51. The van der Waals surface area contributed by atoms with E-state index in [1.54, 1.807) is 18.5 Å². The van der Waals surface area contributed by atoms with Crippen molar-refractivity contribution in [2.75, 3.05) is 5.32 Å². The number of imidazole rings is 1. The Morgan fingerprint density at radius 3 is 2.35 bits per heavy atom. The van der Waals surface area contributed by atoms with Crippen LogP contribution in [0, 0.1) is 5.82 Å². The van der Waals surface area contributed by atoms with Crippen LogP contribution in [0.2, 0.25) is 0 Å². The Hall–Kier alpha value is -4.59. The third-order valence-corrected chi connectivity index (χ3v) is 5.97. The van der Waals surface area contributed by atoms with Crippen LogP contribution in [0.15, 0.2) is 89.8 Å². The minimum atomic E-state index is -0.326. The number of rotatable bonds is 6. The lowest BCUT2D eigenvalue weighted by Crippen LogP contribution is -2.14. The summed E-state index contributed by atoms with van der Waals surface area (Å²) in [5, 5.41) is 6.91. The Balaban J connectivity index is 1.21. The quantitative estimate of drug-likeness (QED) is 0.297. The molecule has 5 rings (SSSR count). The number of carbonyl (C=O) groups is 1. The Morgan fingerprint density at radius 1 is 0.973 bits per heavy atom. The van der Waals surface area contributed by atoms with Gasteiger partial charge in [-0.1, -0.05) is 50.2 Å². The van der Waals surface area contributed by atoms with E-state index in [2.05, 4.69) is 41.2 Å². The summed E-state index contributed by atoms with van der Waals surface area (Å²) in [6, 6.07) is 21.2. The predicted octanol–water partition coefficient (Wildman–Crippen LogP) is 6.34. The number of hydrogen-bond acceptors (Lipinski definition) is 5. The number of aromatic nitrogens is 4. The molecule has 5 aromatic rings. The minimum Gasteiger partial charge on any atom is -0.332 e. The second-order valence-electron chi connectivity index (χ2n) is 9.84. The van der Waals surface area contributed by atoms with Gasteiger partial charge >= 0.3 is 0 Å². The number of nitrogens with zero attached hydrogens (tertiary/aromatic N) is 4. The number of anilines is 1. The average molecular weight is 496 g/mol. The number of halogens is 1. The molecule has 0 bridgehead atoms. The Labute approximate surface area is 214 Å². The maximum absolute atomic E-state index is 13.2. The summed E-state index contributed by atoms with van der Waals surface area (Å²) in [6.45, 7) is 7.01. The lowest BCUT2D eigenvalue weighted by atomic mass is 9.87. The maximum atomic E-state index is 13.2. The highest BCUT2D eigenvalue weighted by molar-refractivity contribution is 6.04. The summed E-state index contributed by atoms with van der Waals surface area (Å²) in [7, 11) is 0. The normalized spacial score (nSPS) is 11.5. The van der Waals surface area contributed by atoms with Gasteiger partial charge < -0.3 is 14.4 Å². The molecule has 0 spiro atoms. The molecular formula is C29H26FN5O2. The topological polar surface area (TPSA) is 85.8 Å². The molecule has 3 aromatic carbocycles. The van der Waals surface area contributed by atoms with Crippen LogP contribution in [0.5, 0.6) is 0 Å². The lowest BCUT2D eigenvalue weighted by Gasteiger charge is -2.19. The summed E-state index contributed by atoms with van der Waals surface area (Å²) >= 11 is 0. The van der Waals surface area contributed by atoms with E-state index in [4.69, 9.17) is 4.52 Å². The third kappa shape index (κ3) is 5.64. The largest absolute Gasteiger partial charge is 0.332 e. The molecule has 8 heteroatoms. The number of benzene rings is 3. The van der Waals surface area contributed by atoms with Gasteiger partial charge in [0.15, 0.2) is 0 Å². The van der Waals surface area contributed by atoms with Crippen LogP contribution < -0.4 is 5.32 Å². The summed E-state index contributed by atoms with van der Waals surface area (Å²) in [5.74, 6) is 0.179. The second-order valence-corrected chi connectivity index (χ2v) is 9.84. The van der Waals surface area contributed by atoms with E-state index in [9.17, 15) is 9.18 Å². The van der Waals surface area contributed by atoms with E-state index >= 15 is 0 Å². The Bertz CT molecular complexity index is 1510. The van der Waals surface area contributed by atoms with Crippen LogP contribution in [-0.4, -0.2) is 25.6 Å². The third-order valence-electron chi connectivity index (χ3n) is 5.97. The first-order valence-electron chi connectivity index (χ1n) is 11.9. The molecule has 2 aromatic heterocycles. The molecule has 1 amide bonds. The number of amides is 1. The highest BCUT2D eigenvalue weighted by Gasteiger charge is 2.15. The molecule has 0 aliphatic heterocycles. The van der Waals surface area contributed by atoms with Gasteiger partial charge in [-0.25, -0.2) is 9.37 Å². The molecular weight excluding hydrogens is 469 g/mol. The Kier molecular flexibility index (Phi) is 6.40. The molecule has 1 N–H and O–H groups in total. The van der Waals surface area contributed by atoms with Crippen molar-refractivity contribution in [3.8, 4) is 23.0 Å². The van der Waals surface area contributed by atoms with E-state index in [0.717, 1.165) is 11.3 Å². The van der Waals surface area contributed by atoms with Crippen molar-refractivity contribution in [1.29, 1.82) is 0 Å². The standard InChI is InChI=1S/C29H26FN5O2/c1-29(2,3)22-10-6-21(7-11-22)27(36)32-24-14-4-19(5-15-24)16-35-17-25(31-18-35)28-33-26(34-37-28)20-8-12-23(30)13-9-20/h4-15,17-18H,16H2,1-3H3,(H,32,36). The van der Waals surface area contributed by atoms with Crippen LogP contribution in [0.3, 0.4) is 0 Å². The zero-order chi connectivity index (χ0) is 26.0.